The number of halogens is 2. The van der Waals surface area contributed by atoms with Gasteiger partial charge in [0.25, 0.3) is 0 Å². The second-order valence-corrected chi connectivity index (χ2v) is 4.13. The van der Waals surface area contributed by atoms with Gasteiger partial charge < -0.3 is 15.6 Å². The largest absolute Gasteiger partial charge is 0.502 e. The van der Waals surface area contributed by atoms with Crippen molar-refractivity contribution >= 4 is 15.9 Å². The first-order valence-electron chi connectivity index (χ1n) is 4.47. The number of phenolic OH excluding ortho intramolecular Hbond substituents is 1. The summed E-state index contributed by atoms with van der Waals surface area (Å²) in [5.41, 5.74) is 6.21. The van der Waals surface area contributed by atoms with Gasteiger partial charge in [-0.25, -0.2) is 4.39 Å². The number of methoxy groups -OCH3 is 1. The topological polar surface area (TPSA) is 55.5 Å². The third-order valence-electron chi connectivity index (χ3n) is 2.25. The van der Waals surface area contributed by atoms with E-state index < -0.39 is 11.6 Å². The van der Waals surface area contributed by atoms with E-state index in [2.05, 4.69) is 15.9 Å². The lowest BCUT2D eigenvalue weighted by Crippen LogP contribution is -2.11. The SMILES string of the molecule is COc1c(O)c(F)cc(Br)c1C(C)CN. The summed E-state index contributed by atoms with van der Waals surface area (Å²) in [4.78, 5) is 0. The van der Waals surface area contributed by atoms with Gasteiger partial charge in [0.15, 0.2) is 17.3 Å². The molecule has 0 bridgehead atoms. The number of phenols is 1. The van der Waals surface area contributed by atoms with Crippen molar-refractivity contribution in [2.75, 3.05) is 13.7 Å². The van der Waals surface area contributed by atoms with Gasteiger partial charge in [-0.3, -0.25) is 0 Å². The maximum atomic E-state index is 13.2. The van der Waals surface area contributed by atoms with Gasteiger partial charge in [-0.15, -0.1) is 0 Å². The molecule has 0 saturated heterocycles. The van der Waals surface area contributed by atoms with Crippen LogP contribution in [0.25, 0.3) is 0 Å². The molecule has 84 valence electrons. The van der Waals surface area contributed by atoms with Crippen LogP contribution in [0, 0.1) is 5.82 Å². The van der Waals surface area contributed by atoms with Gasteiger partial charge >= 0.3 is 0 Å². The van der Waals surface area contributed by atoms with Gasteiger partial charge in [-0.2, -0.15) is 0 Å². The summed E-state index contributed by atoms with van der Waals surface area (Å²) in [5.74, 6) is -1.08. The van der Waals surface area contributed by atoms with E-state index in [1.54, 1.807) is 0 Å². The zero-order valence-corrected chi connectivity index (χ0v) is 10.1. The van der Waals surface area contributed by atoms with Crippen LogP contribution in [0.1, 0.15) is 18.4 Å². The molecule has 5 heteroatoms. The van der Waals surface area contributed by atoms with E-state index >= 15 is 0 Å². The molecular formula is C10H13BrFNO2. The van der Waals surface area contributed by atoms with Crippen LogP contribution in [0.5, 0.6) is 11.5 Å². The standard InChI is InChI=1S/C10H13BrFNO2/c1-5(4-13)8-6(11)3-7(12)9(14)10(8)15-2/h3,5,14H,4,13H2,1-2H3. The first-order valence-corrected chi connectivity index (χ1v) is 5.27. The van der Waals surface area contributed by atoms with Crippen LogP contribution in [-0.2, 0) is 0 Å². The molecule has 3 N–H and O–H groups in total. The predicted molar refractivity (Wildman–Crippen MR) is 59.8 cm³/mol. The van der Waals surface area contributed by atoms with Gasteiger partial charge in [0.05, 0.1) is 7.11 Å². The molecule has 0 radical (unpaired) electrons. The summed E-state index contributed by atoms with van der Waals surface area (Å²) in [5, 5.41) is 9.49. The minimum Gasteiger partial charge on any atom is -0.502 e. The Morgan fingerprint density at radius 3 is 2.73 bits per heavy atom. The average molecular weight is 278 g/mol. The Hall–Kier alpha value is -0.810. The summed E-state index contributed by atoms with van der Waals surface area (Å²) in [6.45, 7) is 2.26. The molecule has 0 amide bonds. The summed E-state index contributed by atoms with van der Waals surface area (Å²) >= 11 is 3.23. The van der Waals surface area contributed by atoms with Gasteiger partial charge in [-0.05, 0) is 18.5 Å². The fraction of sp³-hybridized carbons (Fsp3) is 0.400. The fourth-order valence-electron chi connectivity index (χ4n) is 1.39. The summed E-state index contributed by atoms with van der Waals surface area (Å²) < 4.78 is 18.7. The number of rotatable bonds is 3. The van der Waals surface area contributed by atoms with E-state index in [1.165, 1.54) is 13.2 Å². The van der Waals surface area contributed by atoms with Crippen LogP contribution >= 0.6 is 15.9 Å². The van der Waals surface area contributed by atoms with Crippen LogP contribution < -0.4 is 10.5 Å². The summed E-state index contributed by atoms with van der Waals surface area (Å²) in [6.07, 6.45) is 0. The van der Waals surface area contributed by atoms with E-state index in [0.717, 1.165) is 0 Å². The van der Waals surface area contributed by atoms with E-state index in [1.807, 2.05) is 6.92 Å². The number of nitrogens with two attached hydrogens (primary N) is 1. The first kappa shape index (κ1) is 12.3. The smallest absolute Gasteiger partial charge is 0.194 e. The maximum absolute atomic E-state index is 13.2. The summed E-state index contributed by atoms with van der Waals surface area (Å²) in [6, 6.07) is 1.21. The zero-order valence-electron chi connectivity index (χ0n) is 8.55. The van der Waals surface area contributed by atoms with Crippen molar-refractivity contribution in [3.8, 4) is 11.5 Å². The lowest BCUT2D eigenvalue weighted by Gasteiger charge is -2.17. The van der Waals surface area contributed by atoms with Crippen molar-refractivity contribution in [2.24, 2.45) is 5.73 Å². The number of benzene rings is 1. The Labute approximate surface area is 96.2 Å². The molecule has 3 nitrogen and oxygen atoms in total. The minimum atomic E-state index is -0.716. The van der Waals surface area contributed by atoms with Gasteiger partial charge in [-0.1, -0.05) is 22.9 Å². The Balaban J connectivity index is 3.41. The molecule has 0 aromatic heterocycles. The van der Waals surface area contributed by atoms with Crippen molar-refractivity contribution in [1.82, 2.24) is 0 Å². The van der Waals surface area contributed by atoms with E-state index in [4.69, 9.17) is 10.5 Å². The van der Waals surface area contributed by atoms with Crippen LogP contribution in [0.2, 0.25) is 0 Å². The molecule has 1 unspecified atom stereocenters. The monoisotopic (exact) mass is 277 g/mol. The molecule has 0 heterocycles. The molecule has 0 saturated carbocycles. The van der Waals surface area contributed by atoms with Crippen molar-refractivity contribution in [2.45, 2.75) is 12.8 Å². The molecule has 1 rings (SSSR count). The molecular weight excluding hydrogens is 265 g/mol. The molecule has 0 fully saturated rings. The fourth-order valence-corrected chi connectivity index (χ4v) is 2.16. The number of aromatic hydroxyl groups is 1. The molecule has 1 aromatic carbocycles. The second kappa shape index (κ2) is 4.81. The lowest BCUT2D eigenvalue weighted by atomic mass is 9.99. The first-order chi connectivity index (χ1) is 7.02. The molecule has 0 aliphatic carbocycles. The normalized spacial score (nSPS) is 12.6. The van der Waals surface area contributed by atoms with Crippen molar-refractivity contribution in [1.29, 1.82) is 0 Å². The Morgan fingerprint density at radius 2 is 2.27 bits per heavy atom. The third-order valence-corrected chi connectivity index (χ3v) is 2.90. The highest BCUT2D eigenvalue weighted by Crippen LogP contribution is 2.41. The van der Waals surface area contributed by atoms with E-state index in [0.29, 0.717) is 16.6 Å². The highest BCUT2D eigenvalue weighted by molar-refractivity contribution is 9.10. The van der Waals surface area contributed by atoms with E-state index in [9.17, 15) is 9.50 Å². The van der Waals surface area contributed by atoms with Crippen LogP contribution in [0.4, 0.5) is 4.39 Å². The van der Waals surface area contributed by atoms with Gasteiger partial charge in [0.1, 0.15) is 0 Å². The third kappa shape index (κ3) is 2.23. The molecule has 1 atom stereocenters. The zero-order chi connectivity index (χ0) is 11.6. The van der Waals surface area contributed by atoms with Crippen LogP contribution in [-0.4, -0.2) is 18.8 Å². The molecule has 0 spiro atoms. The van der Waals surface area contributed by atoms with Crippen molar-refractivity contribution < 1.29 is 14.2 Å². The maximum Gasteiger partial charge on any atom is 0.194 e. The quantitative estimate of drug-likeness (QED) is 0.892. The number of hydrogen-bond donors (Lipinski definition) is 2. The molecule has 1 aromatic rings. The van der Waals surface area contributed by atoms with Crippen molar-refractivity contribution in [3.63, 3.8) is 0 Å². The molecule has 15 heavy (non-hydrogen) atoms. The lowest BCUT2D eigenvalue weighted by molar-refractivity contribution is 0.350. The van der Waals surface area contributed by atoms with E-state index in [-0.39, 0.29) is 11.7 Å². The molecule has 0 aliphatic heterocycles. The molecule has 0 aliphatic rings. The van der Waals surface area contributed by atoms with Gasteiger partial charge in [0.2, 0.25) is 0 Å². The number of hydrogen-bond acceptors (Lipinski definition) is 3. The average Bonchev–Trinajstić information content (AvgIpc) is 2.21. The number of ether oxygens (including phenoxy) is 1. The highest BCUT2D eigenvalue weighted by Gasteiger charge is 2.20. The predicted octanol–water partition coefficient (Wildman–Crippen LogP) is 2.36. The Morgan fingerprint density at radius 1 is 1.67 bits per heavy atom. The van der Waals surface area contributed by atoms with Gasteiger partial charge in [0, 0.05) is 10.0 Å². The Kier molecular flexibility index (Phi) is 3.93. The minimum absolute atomic E-state index is 0.0270. The Bertz CT molecular complexity index is 371. The summed E-state index contributed by atoms with van der Waals surface area (Å²) in [7, 11) is 1.38. The van der Waals surface area contributed by atoms with Crippen molar-refractivity contribution in [3.05, 3.63) is 21.9 Å². The highest BCUT2D eigenvalue weighted by atomic mass is 79.9. The van der Waals surface area contributed by atoms with Crippen LogP contribution in [0.3, 0.4) is 0 Å². The second-order valence-electron chi connectivity index (χ2n) is 3.27. The van der Waals surface area contributed by atoms with Crippen LogP contribution in [0.15, 0.2) is 10.5 Å².